The largest absolute Gasteiger partial charge is 0.342 e. The molecule has 1 aliphatic rings. The molecule has 0 saturated carbocycles. The van der Waals surface area contributed by atoms with Gasteiger partial charge in [-0.15, -0.1) is 11.3 Å². The molecule has 1 atom stereocenters. The van der Waals surface area contributed by atoms with E-state index in [0.717, 1.165) is 35.8 Å². The minimum Gasteiger partial charge on any atom is -0.342 e. The van der Waals surface area contributed by atoms with Crippen LogP contribution in [0.3, 0.4) is 0 Å². The fourth-order valence-corrected chi connectivity index (χ4v) is 3.59. The van der Waals surface area contributed by atoms with Crippen LogP contribution in [0.15, 0.2) is 35.8 Å². The summed E-state index contributed by atoms with van der Waals surface area (Å²) in [5, 5.41) is 5.83. The van der Waals surface area contributed by atoms with Gasteiger partial charge < -0.3 is 10.2 Å². The second kappa shape index (κ2) is 6.91. The summed E-state index contributed by atoms with van der Waals surface area (Å²) in [5.41, 5.74) is 1.71. The number of hydrogen-bond donors (Lipinski definition) is 1. The van der Waals surface area contributed by atoms with E-state index in [2.05, 4.69) is 10.3 Å². The first kappa shape index (κ1) is 15.7. The van der Waals surface area contributed by atoms with Gasteiger partial charge in [-0.25, -0.2) is 4.98 Å². The number of hydrogen-bond acceptors (Lipinski definition) is 4. The van der Waals surface area contributed by atoms with E-state index in [0.29, 0.717) is 12.3 Å². The number of anilines is 1. The predicted molar refractivity (Wildman–Crippen MR) is 90.5 cm³/mol. The van der Waals surface area contributed by atoms with Crippen molar-refractivity contribution >= 4 is 28.8 Å². The van der Waals surface area contributed by atoms with Crippen molar-refractivity contribution in [3.8, 4) is 0 Å². The van der Waals surface area contributed by atoms with E-state index in [9.17, 15) is 9.59 Å². The fraction of sp³-hybridized carbons (Fsp3) is 0.353. The molecule has 0 bridgehead atoms. The highest BCUT2D eigenvalue weighted by atomic mass is 32.1. The quantitative estimate of drug-likeness (QED) is 0.938. The number of carbonyl (C=O) groups is 2. The highest BCUT2D eigenvalue weighted by molar-refractivity contribution is 7.09. The maximum Gasteiger partial charge on any atom is 0.227 e. The lowest BCUT2D eigenvalue weighted by molar-refractivity contribution is -0.129. The third-order valence-corrected chi connectivity index (χ3v) is 4.91. The molecule has 6 heteroatoms. The molecular formula is C17H19N3O2S. The first-order valence-corrected chi connectivity index (χ1v) is 8.53. The third kappa shape index (κ3) is 3.96. The predicted octanol–water partition coefficient (Wildman–Crippen LogP) is 2.66. The third-order valence-electron chi connectivity index (χ3n) is 3.97. The van der Waals surface area contributed by atoms with Gasteiger partial charge in [-0.2, -0.15) is 0 Å². The summed E-state index contributed by atoms with van der Waals surface area (Å²) in [4.78, 5) is 29.7. The number of nitrogens with zero attached hydrogens (tertiary/aromatic N) is 2. The molecule has 23 heavy (non-hydrogen) atoms. The SMILES string of the molecule is CC(=O)Nc1ccc(CC(=O)N2CCC(c3nccs3)C2)cc1. The van der Waals surface area contributed by atoms with Gasteiger partial charge in [0.05, 0.1) is 11.4 Å². The van der Waals surface area contributed by atoms with Crippen LogP contribution < -0.4 is 5.32 Å². The van der Waals surface area contributed by atoms with E-state index in [1.165, 1.54) is 6.92 Å². The number of rotatable bonds is 4. The molecule has 0 aliphatic carbocycles. The Bertz CT molecular complexity index is 682. The van der Waals surface area contributed by atoms with Gasteiger partial charge in [-0.1, -0.05) is 12.1 Å². The number of aromatic nitrogens is 1. The van der Waals surface area contributed by atoms with Crippen LogP contribution in [-0.2, 0) is 16.0 Å². The number of likely N-dealkylation sites (tertiary alicyclic amines) is 1. The molecule has 1 unspecified atom stereocenters. The summed E-state index contributed by atoms with van der Waals surface area (Å²) in [6.45, 7) is 3.03. The lowest BCUT2D eigenvalue weighted by atomic mass is 10.1. The minimum atomic E-state index is -0.0980. The van der Waals surface area contributed by atoms with Gasteiger partial charge in [-0.05, 0) is 24.1 Å². The van der Waals surface area contributed by atoms with Gasteiger partial charge in [0.1, 0.15) is 0 Å². The van der Waals surface area contributed by atoms with Crippen LogP contribution >= 0.6 is 11.3 Å². The zero-order chi connectivity index (χ0) is 16.2. The van der Waals surface area contributed by atoms with Gasteiger partial charge in [-0.3, -0.25) is 9.59 Å². The summed E-state index contributed by atoms with van der Waals surface area (Å²) >= 11 is 1.66. The van der Waals surface area contributed by atoms with Crippen molar-refractivity contribution in [1.82, 2.24) is 9.88 Å². The van der Waals surface area contributed by atoms with Crippen molar-refractivity contribution in [2.24, 2.45) is 0 Å². The molecule has 1 aromatic heterocycles. The van der Waals surface area contributed by atoms with E-state index >= 15 is 0 Å². The molecule has 1 N–H and O–H groups in total. The fourth-order valence-electron chi connectivity index (χ4n) is 2.82. The molecule has 5 nitrogen and oxygen atoms in total. The van der Waals surface area contributed by atoms with Gasteiger partial charge in [0.2, 0.25) is 11.8 Å². The zero-order valence-electron chi connectivity index (χ0n) is 13.0. The van der Waals surface area contributed by atoms with Crippen molar-refractivity contribution < 1.29 is 9.59 Å². The van der Waals surface area contributed by atoms with E-state index in [1.54, 1.807) is 11.3 Å². The Morgan fingerprint density at radius 2 is 2.13 bits per heavy atom. The summed E-state index contributed by atoms with van der Waals surface area (Å²) in [6.07, 6.45) is 3.20. The Morgan fingerprint density at radius 1 is 1.35 bits per heavy atom. The van der Waals surface area contributed by atoms with Crippen LogP contribution in [0.4, 0.5) is 5.69 Å². The number of thiazole rings is 1. The molecule has 1 saturated heterocycles. The summed E-state index contributed by atoms with van der Waals surface area (Å²) in [6, 6.07) is 7.42. The molecule has 0 spiro atoms. The molecular weight excluding hydrogens is 310 g/mol. The van der Waals surface area contributed by atoms with Crippen LogP contribution in [0.1, 0.15) is 29.8 Å². The lowest BCUT2D eigenvalue weighted by Gasteiger charge is -2.16. The maximum absolute atomic E-state index is 12.4. The van der Waals surface area contributed by atoms with Crippen LogP contribution in [0, 0.1) is 0 Å². The monoisotopic (exact) mass is 329 g/mol. The van der Waals surface area contributed by atoms with E-state index in [-0.39, 0.29) is 11.8 Å². The molecule has 0 radical (unpaired) electrons. The van der Waals surface area contributed by atoms with Crippen molar-refractivity contribution in [1.29, 1.82) is 0 Å². The Hall–Kier alpha value is -2.21. The Balaban J connectivity index is 1.56. The molecule has 2 heterocycles. The molecule has 1 aliphatic heterocycles. The van der Waals surface area contributed by atoms with Crippen molar-refractivity contribution in [3.05, 3.63) is 46.4 Å². The number of amides is 2. The standard InChI is InChI=1S/C17H19N3O2S/c1-12(21)19-15-4-2-13(3-5-15)10-16(22)20-8-6-14(11-20)17-18-7-9-23-17/h2-5,7,9,14H,6,8,10-11H2,1H3,(H,19,21). The highest BCUT2D eigenvalue weighted by Crippen LogP contribution is 2.28. The number of carbonyl (C=O) groups excluding carboxylic acids is 2. The Kier molecular flexibility index (Phi) is 4.71. The summed E-state index contributed by atoms with van der Waals surface area (Å²) in [5.74, 6) is 0.427. The Morgan fingerprint density at radius 3 is 2.78 bits per heavy atom. The van der Waals surface area contributed by atoms with Crippen molar-refractivity contribution in [2.75, 3.05) is 18.4 Å². The van der Waals surface area contributed by atoms with E-state index in [4.69, 9.17) is 0 Å². The van der Waals surface area contributed by atoms with Gasteiger partial charge >= 0.3 is 0 Å². The van der Waals surface area contributed by atoms with E-state index < -0.39 is 0 Å². The van der Waals surface area contributed by atoms with Crippen molar-refractivity contribution in [2.45, 2.75) is 25.7 Å². The number of nitrogens with one attached hydrogen (secondary N) is 1. The van der Waals surface area contributed by atoms with E-state index in [1.807, 2.05) is 40.7 Å². The molecule has 1 fully saturated rings. The zero-order valence-corrected chi connectivity index (χ0v) is 13.8. The van der Waals surface area contributed by atoms with Crippen LogP contribution in [0.5, 0.6) is 0 Å². The second-order valence-electron chi connectivity index (χ2n) is 5.75. The first-order valence-electron chi connectivity index (χ1n) is 7.65. The minimum absolute atomic E-state index is 0.0980. The topological polar surface area (TPSA) is 62.3 Å². The smallest absolute Gasteiger partial charge is 0.227 e. The molecule has 1 aromatic carbocycles. The first-order chi connectivity index (χ1) is 11.1. The van der Waals surface area contributed by atoms with Gasteiger partial charge in [0.15, 0.2) is 0 Å². The van der Waals surface area contributed by atoms with Crippen LogP contribution in [0.25, 0.3) is 0 Å². The van der Waals surface area contributed by atoms with Crippen molar-refractivity contribution in [3.63, 3.8) is 0 Å². The van der Waals surface area contributed by atoms with Crippen LogP contribution in [0.2, 0.25) is 0 Å². The molecule has 3 rings (SSSR count). The number of benzene rings is 1. The van der Waals surface area contributed by atoms with Gasteiger partial charge in [0, 0.05) is 43.2 Å². The molecule has 120 valence electrons. The molecule has 2 aromatic rings. The normalized spacial score (nSPS) is 17.3. The lowest BCUT2D eigenvalue weighted by Crippen LogP contribution is -2.29. The van der Waals surface area contributed by atoms with Gasteiger partial charge in [0.25, 0.3) is 0 Å². The highest BCUT2D eigenvalue weighted by Gasteiger charge is 2.28. The Labute approximate surface area is 139 Å². The summed E-state index contributed by atoms with van der Waals surface area (Å²) < 4.78 is 0. The maximum atomic E-state index is 12.4. The van der Waals surface area contributed by atoms with Crippen LogP contribution in [-0.4, -0.2) is 34.8 Å². The average molecular weight is 329 g/mol. The second-order valence-corrected chi connectivity index (χ2v) is 6.68. The average Bonchev–Trinajstić information content (AvgIpc) is 3.19. The molecule has 2 amide bonds. The summed E-state index contributed by atoms with van der Waals surface area (Å²) in [7, 11) is 0.